The molecule has 3 N–H and O–H groups in total. The Bertz CT molecular complexity index is 348. The Labute approximate surface area is 97.0 Å². The molecule has 0 aliphatic rings. The second-order valence-corrected chi connectivity index (χ2v) is 4.39. The van der Waals surface area contributed by atoms with Gasteiger partial charge in [0.05, 0.1) is 0 Å². The van der Waals surface area contributed by atoms with Crippen LogP contribution >= 0.6 is 0 Å². The minimum atomic E-state index is -0.0239. The molecule has 0 heterocycles. The minimum Gasteiger partial charge on any atom is -0.330 e. The van der Waals surface area contributed by atoms with Gasteiger partial charge in [0.25, 0.3) is 0 Å². The van der Waals surface area contributed by atoms with E-state index in [-0.39, 0.29) is 5.91 Å². The largest absolute Gasteiger partial charge is 0.330 e. The molecule has 0 atom stereocenters. The van der Waals surface area contributed by atoms with Crippen LogP contribution in [-0.2, 0) is 11.2 Å². The van der Waals surface area contributed by atoms with E-state index in [9.17, 15) is 4.79 Å². The average Bonchev–Trinajstić information content (AvgIpc) is 2.17. The first kappa shape index (κ1) is 12.7. The van der Waals surface area contributed by atoms with Gasteiger partial charge in [0.15, 0.2) is 0 Å². The molecule has 1 rings (SSSR count). The molecule has 3 nitrogen and oxygen atoms in total. The summed E-state index contributed by atoms with van der Waals surface area (Å²) < 4.78 is 0. The third-order valence-corrected chi connectivity index (χ3v) is 2.23. The molecule has 0 aliphatic carbocycles. The third kappa shape index (κ3) is 4.45. The van der Waals surface area contributed by atoms with Crippen LogP contribution in [0.2, 0.25) is 0 Å². The summed E-state index contributed by atoms with van der Waals surface area (Å²) in [5.74, 6) is 0.596. The van der Waals surface area contributed by atoms with Crippen molar-refractivity contribution in [3.05, 3.63) is 29.8 Å². The second kappa shape index (κ2) is 6.28. The zero-order valence-electron chi connectivity index (χ0n) is 9.99. The predicted octanol–water partition coefficient (Wildman–Crippen LogP) is 2.17. The van der Waals surface area contributed by atoms with Gasteiger partial charge in [-0.1, -0.05) is 26.0 Å². The zero-order valence-corrected chi connectivity index (χ0v) is 9.99. The highest BCUT2D eigenvalue weighted by Crippen LogP contribution is 2.14. The number of anilines is 1. The first-order valence-electron chi connectivity index (χ1n) is 5.70. The number of hydrogen-bond acceptors (Lipinski definition) is 2. The Balaban J connectivity index is 2.63. The average molecular weight is 220 g/mol. The van der Waals surface area contributed by atoms with Crippen LogP contribution < -0.4 is 11.1 Å². The van der Waals surface area contributed by atoms with Crippen molar-refractivity contribution in [2.45, 2.75) is 26.7 Å². The molecule has 1 amide bonds. The van der Waals surface area contributed by atoms with Crippen molar-refractivity contribution in [1.29, 1.82) is 0 Å². The summed E-state index contributed by atoms with van der Waals surface area (Å²) in [4.78, 5) is 11.4. The smallest absolute Gasteiger partial charge is 0.225 e. The lowest BCUT2D eigenvalue weighted by molar-refractivity contribution is -0.116. The summed E-state index contributed by atoms with van der Waals surface area (Å²) in [7, 11) is 0. The summed E-state index contributed by atoms with van der Waals surface area (Å²) >= 11 is 0. The molecule has 0 unspecified atom stereocenters. The normalized spacial score (nSPS) is 10.5. The maximum absolute atomic E-state index is 11.4. The van der Waals surface area contributed by atoms with Crippen LogP contribution in [0.4, 0.5) is 5.69 Å². The number of rotatable bonds is 5. The summed E-state index contributed by atoms with van der Waals surface area (Å²) in [6, 6.07) is 7.97. The topological polar surface area (TPSA) is 55.1 Å². The molecule has 0 bridgehead atoms. The summed E-state index contributed by atoms with van der Waals surface area (Å²) in [6.45, 7) is 4.75. The van der Waals surface area contributed by atoms with Crippen molar-refractivity contribution < 1.29 is 4.79 Å². The van der Waals surface area contributed by atoms with Crippen LogP contribution in [0.3, 0.4) is 0 Å². The fraction of sp³-hybridized carbons (Fsp3) is 0.462. The van der Waals surface area contributed by atoms with Gasteiger partial charge in [-0.15, -0.1) is 0 Å². The number of nitrogens with two attached hydrogens (primary N) is 1. The van der Waals surface area contributed by atoms with Gasteiger partial charge in [-0.3, -0.25) is 4.79 Å². The molecular weight excluding hydrogens is 200 g/mol. The quantitative estimate of drug-likeness (QED) is 0.799. The molecule has 1 aromatic carbocycles. The summed E-state index contributed by atoms with van der Waals surface area (Å²) in [5.41, 5.74) is 7.43. The molecule has 3 heteroatoms. The van der Waals surface area contributed by atoms with Gasteiger partial charge in [0.1, 0.15) is 0 Å². The number of nitrogens with one attached hydrogen (secondary N) is 1. The van der Waals surface area contributed by atoms with Crippen molar-refractivity contribution in [3.63, 3.8) is 0 Å². The highest BCUT2D eigenvalue weighted by molar-refractivity contribution is 5.90. The van der Waals surface area contributed by atoms with E-state index in [1.54, 1.807) is 0 Å². The van der Waals surface area contributed by atoms with Crippen LogP contribution in [0.5, 0.6) is 0 Å². The molecule has 0 saturated carbocycles. The number of carbonyl (C=O) groups excluding carboxylic acids is 1. The molecule has 88 valence electrons. The van der Waals surface area contributed by atoms with E-state index in [4.69, 9.17) is 5.73 Å². The fourth-order valence-corrected chi connectivity index (χ4v) is 1.60. The molecule has 0 spiro atoms. The van der Waals surface area contributed by atoms with Crippen LogP contribution in [0, 0.1) is 5.92 Å². The predicted molar refractivity (Wildman–Crippen MR) is 67.3 cm³/mol. The number of carbonyl (C=O) groups is 1. The van der Waals surface area contributed by atoms with Gasteiger partial charge >= 0.3 is 0 Å². The van der Waals surface area contributed by atoms with Crippen LogP contribution in [-0.4, -0.2) is 12.5 Å². The fourth-order valence-electron chi connectivity index (χ4n) is 1.60. The molecule has 0 saturated heterocycles. The second-order valence-electron chi connectivity index (χ2n) is 4.39. The maximum Gasteiger partial charge on any atom is 0.225 e. The Morgan fingerprint density at radius 1 is 1.44 bits per heavy atom. The van der Waals surface area contributed by atoms with Crippen LogP contribution in [0.1, 0.15) is 25.8 Å². The van der Waals surface area contributed by atoms with Crippen molar-refractivity contribution in [2.75, 3.05) is 11.9 Å². The summed E-state index contributed by atoms with van der Waals surface area (Å²) in [6.07, 6.45) is 1.40. The monoisotopic (exact) mass is 220 g/mol. The lowest BCUT2D eigenvalue weighted by Crippen LogP contribution is -2.16. The molecule has 0 aliphatic heterocycles. The number of benzene rings is 1. The van der Waals surface area contributed by atoms with Gasteiger partial charge in [-0.2, -0.15) is 0 Å². The van der Waals surface area contributed by atoms with Gasteiger partial charge in [0.2, 0.25) is 5.91 Å². The summed E-state index contributed by atoms with van der Waals surface area (Å²) in [5, 5.41) is 2.84. The molecule has 16 heavy (non-hydrogen) atoms. The zero-order chi connectivity index (χ0) is 12.0. The van der Waals surface area contributed by atoms with Crippen molar-refractivity contribution in [3.8, 4) is 0 Å². The standard InChI is InChI=1S/C13H20N2O/c1-10(2)8-11-4-3-5-12(9-11)15-13(16)6-7-14/h3-5,9-10H,6-8,14H2,1-2H3,(H,15,16). The molecule has 0 fully saturated rings. The Hall–Kier alpha value is -1.35. The Morgan fingerprint density at radius 2 is 2.19 bits per heavy atom. The van der Waals surface area contributed by atoms with E-state index < -0.39 is 0 Å². The lowest BCUT2D eigenvalue weighted by Gasteiger charge is -2.08. The van der Waals surface area contributed by atoms with Crippen molar-refractivity contribution >= 4 is 11.6 Å². The lowest BCUT2D eigenvalue weighted by atomic mass is 10.0. The van der Waals surface area contributed by atoms with E-state index in [2.05, 4.69) is 25.2 Å². The first-order chi connectivity index (χ1) is 7.61. The van der Waals surface area contributed by atoms with E-state index in [0.29, 0.717) is 18.9 Å². The minimum absolute atomic E-state index is 0.0239. The van der Waals surface area contributed by atoms with Crippen LogP contribution in [0.15, 0.2) is 24.3 Å². The molecule has 0 aromatic heterocycles. The van der Waals surface area contributed by atoms with Gasteiger partial charge in [0, 0.05) is 18.7 Å². The van der Waals surface area contributed by atoms with E-state index >= 15 is 0 Å². The number of hydrogen-bond donors (Lipinski definition) is 2. The Morgan fingerprint density at radius 3 is 2.81 bits per heavy atom. The molecular formula is C13H20N2O. The SMILES string of the molecule is CC(C)Cc1cccc(NC(=O)CCN)c1. The first-order valence-corrected chi connectivity index (χ1v) is 5.70. The highest BCUT2D eigenvalue weighted by Gasteiger charge is 2.02. The van der Waals surface area contributed by atoms with Gasteiger partial charge in [-0.25, -0.2) is 0 Å². The van der Waals surface area contributed by atoms with Crippen molar-refractivity contribution in [2.24, 2.45) is 11.7 Å². The maximum atomic E-state index is 11.4. The van der Waals surface area contributed by atoms with Gasteiger partial charge in [-0.05, 0) is 30.0 Å². The van der Waals surface area contributed by atoms with Crippen molar-refractivity contribution in [1.82, 2.24) is 0 Å². The Kier molecular flexibility index (Phi) is 4.99. The third-order valence-electron chi connectivity index (χ3n) is 2.23. The number of amides is 1. The van der Waals surface area contributed by atoms with Gasteiger partial charge < -0.3 is 11.1 Å². The van der Waals surface area contributed by atoms with E-state index in [1.165, 1.54) is 5.56 Å². The van der Waals surface area contributed by atoms with Crippen LogP contribution in [0.25, 0.3) is 0 Å². The molecule has 0 radical (unpaired) electrons. The molecule has 1 aromatic rings. The van der Waals surface area contributed by atoms with E-state index in [1.807, 2.05) is 18.2 Å². The van der Waals surface area contributed by atoms with E-state index in [0.717, 1.165) is 12.1 Å². The highest BCUT2D eigenvalue weighted by atomic mass is 16.1.